The summed E-state index contributed by atoms with van der Waals surface area (Å²) in [6.07, 6.45) is 0.592. The summed E-state index contributed by atoms with van der Waals surface area (Å²) in [6, 6.07) is 14.3. The fraction of sp³-hybridized carbons (Fsp3) is 0.462. The van der Waals surface area contributed by atoms with Gasteiger partial charge in [0.25, 0.3) is 0 Å². The predicted molar refractivity (Wildman–Crippen MR) is 136 cm³/mol. The van der Waals surface area contributed by atoms with Gasteiger partial charge in [-0.2, -0.15) is 0 Å². The van der Waals surface area contributed by atoms with Crippen molar-refractivity contribution < 1.29 is 33.6 Å². The van der Waals surface area contributed by atoms with Crippen LogP contribution in [0.15, 0.2) is 53.0 Å². The molecule has 2 rings (SSSR count). The number of amides is 1. The van der Waals surface area contributed by atoms with Crippen LogP contribution in [0.3, 0.4) is 0 Å². The van der Waals surface area contributed by atoms with Crippen LogP contribution in [0.5, 0.6) is 11.5 Å². The van der Waals surface area contributed by atoms with Crippen molar-refractivity contribution in [2.24, 2.45) is 0 Å². The Hall–Kier alpha value is -2.62. The van der Waals surface area contributed by atoms with Crippen molar-refractivity contribution in [1.82, 2.24) is 4.90 Å². The first kappa shape index (κ1) is 28.6. The van der Waals surface area contributed by atoms with E-state index in [1.165, 1.54) is 0 Å². The summed E-state index contributed by atoms with van der Waals surface area (Å²) in [6.45, 7) is 6.52. The first-order valence-electron chi connectivity index (χ1n) is 11.8. The highest BCUT2D eigenvalue weighted by Crippen LogP contribution is 2.18. The van der Waals surface area contributed by atoms with E-state index in [1.54, 1.807) is 36.1 Å². The van der Waals surface area contributed by atoms with Gasteiger partial charge >= 0.3 is 12.1 Å². The lowest BCUT2D eigenvalue weighted by molar-refractivity contribution is -0.149. The maximum absolute atomic E-state index is 12.8. The lowest BCUT2D eigenvalue weighted by atomic mass is 10.1. The van der Waals surface area contributed by atoms with E-state index in [0.717, 1.165) is 16.5 Å². The molecule has 0 aliphatic rings. The van der Waals surface area contributed by atoms with Gasteiger partial charge in [-0.1, -0.05) is 35.0 Å². The zero-order valence-electron chi connectivity index (χ0n) is 20.3. The van der Waals surface area contributed by atoms with Gasteiger partial charge in [0, 0.05) is 37.3 Å². The monoisotopic (exact) mass is 551 g/mol. The fourth-order valence-electron chi connectivity index (χ4n) is 3.19. The molecule has 0 aliphatic heterocycles. The molecule has 0 bridgehead atoms. The molecule has 9 heteroatoms. The molecule has 2 aromatic rings. The molecule has 0 fully saturated rings. The summed E-state index contributed by atoms with van der Waals surface area (Å²) >= 11 is 3.37. The molecule has 0 aromatic heterocycles. The Morgan fingerprint density at radius 2 is 1.63 bits per heavy atom. The minimum atomic E-state index is -0.984. The quantitative estimate of drug-likeness (QED) is 0.287. The van der Waals surface area contributed by atoms with E-state index in [9.17, 15) is 14.7 Å². The first-order valence-corrected chi connectivity index (χ1v) is 12.6. The highest BCUT2D eigenvalue weighted by Gasteiger charge is 2.18. The van der Waals surface area contributed by atoms with E-state index in [1.807, 2.05) is 24.3 Å². The molecule has 2 aromatic carbocycles. The van der Waals surface area contributed by atoms with Crippen molar-refractivity contribution in [1.29, 1.82) is 0 Å². The molecule has 0 radical (unpaired) electrons. The maximum Gasteiger partial charge on any atom is 0.415 e. The predicted octanol–water partition coefficient (Wildman–Crippen LogP) is 5.18. The van der Waals surface area contributed by atoms with E-state index in [2.05, 4.69) is 22.9 Å². The molecule has 1 N–H and O–H groups in total. The summed E-state index contributed by atoms with van der Waals surface area (Å²) in [7, 11) is 0. The Balaban J connectivity index is 1.89. The zero-order valence-corrected chi connectivity index (χ0v) is 21.9. The number of carboxylic acids is 1. The van der Waals surface area contributed by atoms with Crippen molar-refractivity contribution in [3.63, 3.8) is 0 Å². The van der Waals surface area contributed by atoms with E-state index in [-0.39, 0.29) is 13.0 Å². The number of aliphatic carboxylic acids is 1. The standard InChI is InChI=1S/C26H34BrNO7/c1-3-16-32-17-5-14-28(26(31)35-23-12-8-21(27)9-13-23)15-18-34-22-10-6-20(7-11-22)19-24(25(29)30)33-4-2/h6-13,24H,3-5,14-19H2,1-2H3,(H,29,30). The van der Waals surface area contributed by atoms with Crippen LogP contribution in [0.2, 0.25) is 0 Å². The minimum absolute atomic E-state index is 0.277. The van der Waals surface area contributed by atoms with Gasteiger partial charge in [-0.3, -0.25) is 0 Å². The number of hydrogen-bond acceptors (Lipinski definition) is 6. The topological polar surface area (TPSA) is 94.5 Å². The molecule has 0 saturated heterocycles. The SMILES string of the molecule is CCCOCCCN(CCOc1ccc(CC(OCC)C(=O)O)cc1)C(=O)Oc1ccc(Br)cc1. The molecule has 0 heterocycles. The van der Waals surface area contributed by atoms with Crippen LogP contribution in [0, 0.1) is 0 Å². The summed E-state index contributed by atoms with van der Waals surface area (Å²) in [5.41, 5.74) is 0.838. The summed E-state index contributed by atoms with van der Waals surface area (Å²) in [4.78, 5) is 25.6. The van der Waals surface area contributed by atoms with Crippen LogP contribution < -0.4 is 9.47 Å². The van der Waals surface area contributed by atoms with Gasteiger partial charge in [0.15, 0.2) is 6.10 Å². The normalized spacial score (nSPS) is 11.6. The lowest BCUT2D eigenvalue weighted by Gasteiger charge is -2.22. The molecule has 8 nitrogen and oxygen atoms in total. The third-order valence-corrected chi connectivity index (χ3v) is 5.49. The van der Waals surface area contributed by atoms with E-state index in [0.29, 0.717) is 50.8 Å². The first-order chi connectivity index (χ1) is 16.9. The second-order valence-corrected chi connectivity index (χ2v) is 8.67. The molecule has 192 valence electrons. The summed E-state index contributed by atoms with van der Waals surface area (Å²) in [5, 5.41) is 9.24. The zero-order chi connectivity index (χ0) is 25.5. The second-order valence-electron chi connectivity index (χ2n) is 7.75. The molecule has 0 aliphatic carbocycles. The molecule has 0 saturated carbocycles. The Kier molecular flexibility index (Phi) is 13.2. The highest BCUT2D eigenvalue weighted by molar-refractivity contribution is 9.10. The van der Waals surface area contributed by atoms with Crippen LogP contribution in [0.4, 0.5) is 4.79 Å². The molecule has 1 amide bonds. The second kappa shape index (κ2) is 16.1. The van der Waals surface area contributed by atoms with Crippen LogP contribution in [0.1, 0.15) is 32.3 Å². The van der Waals surface area contributed by atoms with Crippen molar-refractivity contribution >= 4 is 28.0 Å². The number of benzene rings is 2. The fourth-order valence-corrected chi connectivity index (χ4v) is 3.46. The van der Waals surface area contributed by atoms with Crippen molar-refractivity contribution in [2.75, 3.05) is 39.5 Å². The van der Waals surface area contributed by atoms with Gasteiger partial charge in [-0.15, -0.1) is 0 Å². The number of hydrogen-bond donors (Lipinski definition) is 1. The number of carboxylic acid groups (broad SMARTS) is 1. The molecule has 1 atom stereocenters. The largest absolute Gasteiger partial charge is 0.492 e. The molecular weight excluding hydrogens is 518 g/mol. The van der Waals surface area contributed by atoms with E-state index in [4.69, 9.17) is 18.9 Å². The average Bonchev–Trinajstić information content (AvgIpc) is 2.84. The minimum Gasteiger partial charge on any atom is -0.492 e. The van der Waals surface area contributed by atoms with Crippen molar-refractivity contribution in [2.45, 2.75) is 39.2 Å². The molecule has 35 heavy (non-hydrogen) atoms. The molecule has 1 unspecified atom stereocenters. The highest BCUT2D eigenvalue weighted by atomic mass is 79.9. The molecular formula is C26H34BrNO7. The van der Waals surface area contributed by atoms with Gasteiger partial charge < -0.3 is 29.0 Å². The number of nitrogens with zero attached hydrogens (tertiary/aromatic N) is 1. The van der Waals surface area contributed by atoms with E-state index >= 15 is 0 Å². The van der Waals surface area contributed by atoms with Gasteiger partial charge in [0.1, 0.15) is 18.1 Å². The number of carbonyl (C=O) groups excluding carboxylic acids is 1. The van der Waals surface area contributed by atoms with Gasteiger partial charge in [0.2, 0.25) is 0 Å². The Bertz CT molecular complexity index is 890. The number of halogens is 1. The Labute approximate surface area is 215 Å². The lowest BCUT2D eigenvalue weighted by Crippen LogP contribution is -2.38. The van der Waals surface area contributed by atoms with Crippen LogP contribution >= 0.6 is 15.9 Å². The van der Waals surface area contributed by atoms with Crippen LogP contribution in [-0.2, 0) is 20.7 Å². The van der Waals surface area contributed by atoms with Crippen LogP contribution in [0.25, 0.3) is 0 Å². The van der Waals surface area contributed by atoms with Crippen molar-refractivity contribution in [3.8, 4) is 11.5 Å². The van der Waals surface area contributed by atoms with Gasteiger partial charge in [0.05, 0.1) is 6.54 Å². The smallest absolute Gasteiger partial charge is 0.415 e. The third kappa shape index (κ3) is 11.1. The third-order valence-electron chi connectivity index (χ3n) is 4.96. The average molecular weight is 552 g/mol. The van der Waals surface area contributed by atoms with Gasteiger partial charge in [-0.25, -0.2) is 9.59 Å². The van der Waals surface area contributed by atoms with E-state index < -0.39 is 18.2 Å². The van der Waals surface area contributed by atoms with Crippen LogP contribution in [-0.4, -0.2) is 67.7 Å². The van der Waals surface area contributed by atoms with Gasteiger partial charge in [-0.05, 0) is 61.7 Å². The maximum atomic E-state index is 12.8. The number of ether oxygens (including phenoxy) is 4. The Morgan fingerprint density at radius 3 is 2.26 bits per heavy atom. The summed E-state index contributed by atoms with van der Waals surface area (Å²) < 4.78 is 23.0. The summed E-state index contributed by atoms with van der Waals surface area (Å²) in [5.74, 6) is 0.112. The number of carbonyl (C=O) groups is 2. The Morgan fingerprint density at radius 1 is 0.943 bits per heavy atom. The number of rotatable bonds is 16. The van der Waals surface area contributed by atoms with Crippen molar-refractivity contribution in [3.05, 3.63) is 58.6 Å². The molecule has 0 spiro atoms.